The number of piperazine rings is 1. The number of halogens is 3. The Kier molecular flexibility index (Phi) is 7.72. The Morgan fingerprint density at radius 3 is 2.27 bits per heavy atom. The molecule has 1 aromatic heterocycles. The molecule has 1 aromatic carbocycles. The van der Waals surface area contributed by atoms with E-state index in [0.29, 0.717) is 25.5 Å². The molecule has 164 valence electrons. The second kappa shape index (κ2) is 10.3. The van der Waals surface area contributed by atoms with Crippen molar-refractivity contribution < 1.29 is 18.3 Å². The van der Waals surface area contributed by atoms with Crippen molar-refractivity contribution in [3.05, 3.63) is 59.3 Å². The van der Waals surface area contributed by atoms with Crippen LogP contribution < -0.4 is 4.90 Å². The fourth-order valence-electron chi connectivity index (χ4n) is 3.74. The molecule has 0 bridgehead atoms. The minimum atomic E-state index is -4.37. The molecule has 0 amide bonds. The molecule has 7 heteroatoms. The van der Waals surface area contributed by atoms with Gasteiger partial charge in [0, 0.05) is 38.9 Å². The van der Waals surface area contributed by atoms with Crippen molar-refractivity contribution in [3.8, 4) is 0 Å². The molecule has 1 fully saturated rings. The summed E-state index contributed by atoms with van der Waals surface area (Å²) >= 11 is 0. The van der Waals surface area contributed by atoms with E-state index in [9.17, 15) is 18.3 Å². The van der Waals surface area contributed by atoms with E-state index in [1.165, 1.54) is 30.9 Å². The van der Waals surface area contributed by atoms with Gasteiger partial charge >= 0.3 is 6.18 Å². The molecule has 1 aliphatic rings. The first-order valence-electron chi connectivity index (χ1n) is 10.6. The topological polar surface area (TPSA) is 39.6 Å². The Morgan fingerprint density at radius 2 is 1.70 bits per heavy atom. The van der Waals surface area contributed by atoms with Crippen LogP contribution >= 0.6 is 0 Å². The van der Waals surface area contributed by atoms with Crippen molar-refractivity contribution in [2.45, 2.75) is 44.9 Å². The lowest BCUT2D eigenvalue weighted by molar-refractivity contribution is -0.137. The van der Waals surface area contributed by atoms with Gasteiger partial charge in [-0.15, -0.1) is 0 Å². The molecule has 0 spiro atoms. The van der Waals surface area contributed by atoms with Crippen molar-refractivity contribution in [1.29, 1.82) is 0 Å². The van der Waals surface area contributed by atoms with Gasteiger partial charge in [-0.05, 0) is 36.1 Å². The minimum absolute atomic E-state index is 0.545. The monoisotopic (exact) mass is 421 g/mol. The second-order valence-electron chi connectivity index (χ2n) is 7.90. The molecule has 4 nitrogen and oxygen atoms in total. The average molecular weight is 422 g/mol. The summed E-state index contributed by atoms with van der Waals surface area (Å²) < 4.78 is 38.0. The molecule has 1 atom stereocenters. The fourth-order valence-corrected chi connectivity index (χ4v) is 3.74. The first kappa shape index (κ1) is 22.6. The van der Waals surface area contributed by atoms with E-state index in [1.54, 1.807) is 0 Å². The van der Waals surface area contributed by atoms with Crippen LogP contribution in [0.3, 0.4) is 0 Å². The summed E-state index contributed by atoms with van der Waals surface area (Å²) in [5.41, 5.74) is 1.49. The maximum absolute atomic E-state index is 12.7. The van der Waals surface area contributed by atoms with Gasteiger partial charge in [0.15, 0.2) is 0 Å². The summed E-state index contributed by atoms with van der Waals surface area (Å²) in [4.78, 5) is 8.14. The van der Waals surface area contributed by atoms with Crippen LogP contribution in [0.25, 0.3) is 0 Å². The first-order chi connectivity index (χ1) is 14.4. The van der Waals surface area contributed by atoms with E-state index in [2.05, 4.69) is 28.9 Å². The van der Waals surface area contributed by atoms with Gasteiger partial charge in [0.05, 0.1) is 11.7 Å². The summed E-state index contributed by atoms with van der Waals surface area (Å²) in [7, 11) is 0. The average Bonchev–Trinajstić information content (AvgIpc) is 2.74. The molecule has 2 aromatic rings. The number of aryl methyl sites for hydroxylation is 1. The fraction of sp³-hybridized carbons (Fsp3) is 0.522. The smallest absolute Gasteiger partial charge is 0.387 e. The maximum Gasteiger partial charge on any atom is 0.417 e. The number of nitrogens with zero attached hydrogens (tertiary/aromatic N) is 3. The Hall–Kier alpha value is -2.12. The third kappa shape index (κ3) is 6.19. The number of benzene rings is 1. The van der Waals surface area contributed by atoms with E-state index in [-0.39, 0.29) is 0 Å². The highest BCUT2D eigenvalue weighted by molar-refractivity contribution is 5.40. The molecule has 2 heterocycles. The Balaban J connectivity index is 1.47. The molecular formula is C23H30F3N3O. The lowest BCUT2D eigenvalue weighted by Gasteiger charge is -2.36. The number of aromatic nitrogens is 1. The Bertz CT molecular complexity index is 770. The third-order valence-electron chi connectivity index (χ3n) is 5.64. The number of unbranched alkanes of at least 4 members (excludes halogenated alkanes) is 2. The number of alkyl halides is 3. The van der Waals surface area contributed by atoms with Crippen LogP contribution in [0.1, 0.15) is 49.0 Å². The van der Waals surface area contributed by atoms with Crippen LogP contribution in [0.5, 0.6) is 0 Å². The first-order valence-corrected chi connectivity index (χ1v) is 10.6. The number of pyridine rings is 1. The maximum atomic E-state index is 12.7. The SMILES string of the molecule is CCCCCc1ccc([C@H](O)CN2CCN(c3ccc(C(F)(F)F)cn3)CC2)cc1. The zero-order chi connectivity index (χ0) is 21.6. The normalized spacial score (nSPS) is 16.6. The quantitative estimate of drug-likeness (QED) is 0.628. The van der Waals surface area contributed by atoms with E-state index < -0.39 is 17.8 Å². The molecule has 1 aliphatic heterocycles. The standard InChI is InChI=1S/C23H30F3N3O/c1-2-3-4-5-18-6-8-19(9-7-18)21(30)17-28-12-14-29(15-13-28)22-11-10-20(16-27-22)23(24,25)26/h6-11,16,21,30H,2-5,12-15,17H2,1H3/t21-/m1/s1. The number of rotatable bonds is 8. The molecule has 0 saturated carbocycles. The van der Waals surface area contributed by atoms with E-state index in [4.69, 9.17) is 0 Å². The Labute approximate surface area is 176 Å². The van der Waals surface area contributed by atoms with Crippen molar-refractivity contribution in [2.75, 3.05) is 37.6 Å². The lowest BCUT2D eigenvalue weighted by Crippen LogP contribution is -2.47. The summed E-state index contributed by atoms with van der Waals surface area (Å²) in [6, 6.07) is 10.7. The zero-order valence-electron chi connectivity index (χ0n) is 17.4. The van der Waals surface area contributed by atoms with Crippen molar-refractivity contribution in [3.63, 3.8) is 0 Å². The van der Waals surface area contributed by atoms with E-state index in [0.717, 1.165) is 37.3 Å². The largest absolute Gasteiger partial charge is 0.417 e. The number of anilines is 1. The highest BCUT2D eigenvalue weighted by atomic mass is 19.4. The molecule has 1 saturated heterocycles. The van der Waals surface area contributed by atoms with Crippen LogP contribution in [0.4, 0.5) is 19.0 Å². The van der Waals surface area contributed by atoms with Crippen LogP contribution in [0.2, 0.25) is 0 Å². The summed E-state index contributed by atoms with van der Waals surface area (Å²) in [6.45, 7) is 5.54. The van der Waals surface area contributed by atoms with Crippen LogP contribution in [-0.2, 0) is 12.6 Å². The van der Waals surface area contributed by atoms with Crippen LogP contribution in [0.15, 0.2) is 42.6 Å². The van der Waals surface area contributed by atoms with Gasteiger partial charge in [0.25, 0.3) is 0 Å². The summed E-state index contributed by atoms with van der Waals surface area (Å²) in [5, 5.41) is 10.6. The highest BCUT2D eigenvalue weighted by Gasteiger charge is 2.31. The number of hydrogen-bond acceptors (Lipinski definition) is 4. The minimum Gasteiger partial charge on any atom is -0.387 e. The molecule has 0 unspecified atom stereocenters. The van der Waals surface area contributed by atoms with Gasteiger partial charge in [-0.25, -0.2) is 4.98 Å². The van der Waals surface area contributed by atoms with Crippen LogP contribution in [-0.4, -0.2) is 47.7 Å². The van der Waals surface area contributed by atoms with Gasteiger partial charge in [0.2, 0.25) is 0 Å². The highest BCUT2D eigenvalue weighted by Crippen LogP contribution is 2.29. The summed E-state index contributed by atoms with van der Waals surface area (Å²) in [5.74, 6) is 0.557. The molecule has 0 radical (unpaired) electrons. The molecule has 3 rings (SSSR count). The number of β-amino-alcohol motifs (C(OH)–C–C–N with tert-alkyl or cyclic N) is 1. The third-order valence-corrected chi connectivity index (χ3v) is 5.64. The Morgan fingerprint density at radius 1 is 1.00 bits per heavy atom. The zero-order valence-corrected chi connectivity index (χ0v) is 17.4. The van der Waals surface area contributed by atoms with E-state index >= 15 is 0 Å². The van der Waals surface area contributed by atoms with Crippen LogP contribution in [0, 0.1) is 0 Å². The van der Waals surface area contributed by atoms with E-state index in [1.807, 2.05) is 17.0 Å². The number of hydrogen-bond donors (Lipinski definition) is 1. The van der Waals surface area contributed by atoms with Gasteiger partial charge in [-0.2, -0.15) is 13.2 Å². The molecule has 0 aliphatic carbocycles. The summed E-state index contributed by atoms with van der Waals surface area (Å²) in [6.07, 6.45) is 0.675. The number of aliphatic hydroxyl groups is 1. The van der Waals surface area contributed by atoms with Gasteiger partial charge in [-0.1, -0.05) is 44.0 Å². The van der Waals surface area contributed by atoms with Gasteiger partial charge in [0.1, 0.15) is 5.82 Å². The predicted molar refractivity (Wildman–Crippen MR) is 113 cm³/mol. The van der Waals surface area contributed by atoms with Crippen molar-refractivity contribution >= 4 is 5.82 Å². The van der Waals surface area contributed by atoms with Gasteiger partial charge < -0.3 is 10.0 Å². The molecule has 1 N–H and O–H groups in total. The molecular weight excluding hydrogens is 391 g/mol. The molecule has 30 heavy (non-hydrogen) atoms. The van der Waals surface area contributed by atoms with Crippen molar-refractivity contribution in [2.24, 2.45) is 0 Å². The van der Waals surface area contributed by atoms with Crippen molar-refractivity contribution in [1.82, 2.24) is 9.88 Å². The lowest BCUT2D eigenvalue weighted by atomic mass is 10.0. The number of aliphatic hydroxyl groups excluding tert-OH is 1. The van der Waals surface area contributed by atoms with Gasteiger partial charge in [-0.3, -0.25) is 4.90 Å². The predicted octanol–water partition coefficient (Wildman–Crippen LogP) is 4.69. The second-order valence-corrected chi connectivity index (χ2v) is 7.90.